The lowest BCUT2D eigenvalue weighted by Gasteiger charge is -2.00. The van der Waals surface area contributed by atoms with Gasteiger partial charge in [0.25, 0.3) is 0 Å². The number of hydrogen-bond acceptors (Lipinski definition) is 6. The molecule has 0 aliphatic heterocycles. The zero-order chi connectivity index (χ0) is 14.5. The second kappa shape index (κ2) is 6.25. The molecular weight excluding hydrogens is 282 g/mol. The first-order chi connectivity index (χ1) is 9.60. The summed E-state index contributed by atoms with van der Waals surface area (Å²) < 4.78 is 9.83. The lowest BCUT2D eigenvalue weighted by molar-refractivity contribution is 0.0563. The van der Waals surface area contributed by atoms with Gasteiger partial charge in [0.15, 0.2) is 0 Å². The van der Waals surface area contributed by atoms with Gasteiger partial charge >= 0.3 is 11.9 Å². The molecule has 0 bridgehead atoms. The fourth-order valence-corrected chi connectivity index (χ4v) is 2.22. The van der Waals surface area contributed by atoms with Gasteiger partial charge in [-0.1, -0.05) is 11.8 Å². The third-order valence-corrected chi connectivity index (χ3v) is 3.34. The highest BCUT2D eigenvalue weighted by atomic mass is 32.2. The number of ether oxygens (including phenoxy) is 1. The Kier molecular flexibility index (Phi) is 4.41. The van der Waals surface area contributed by atoms with Crippen LogP contribution < -0.4 is 0 Å². The molecule has 0 radical (unpaired) electrons. The molecule has 20 heavy (non-hydrogen) atoms. The monoisotopic (exact) mass is 293 g/mol. The van der Waals surface area contributed by atoms with E-state index in [1.807, 2.05) is 0 Å². The number of esters is 1. The number of pyridine rings is 1. The van der Waals surface area contributed by atoms with Gasteiger partial charge in [-0.2, -0.15) is 0 Å². The number of furan rings is 1. The molecule has 2 aromatic heterocycles. The van der Waals surface area contributed by atoms with Crippen molar-refractivity contribution in [1.29, 1.82) is 0 Å². The Morgan fingerprint density at radius 3 is 2.90 bits per heavy atom. The summed E-state index contributed by atoms with van der Waals surface area (Å²) in [6, 6.07) is 6.11. The van der Waals surface area contributed by atoms with Crippen LogP contribution in [-0.4, -0.2) is 29.1 Å². The van der Waals surface area contributed by atoms with Gasteiger partial charge in [0.1, 0.15) is 5.76 Å². The van der Waals surface area contributed by atoms with Crippen molar-refractivity contribution >= 4 is 23.7 Å². The van der Waals surface area contributed by atoms with Crippen LogP contribution in [-0.2, 0) is 10.5 Å². The minimum absolute atomic E-state index is 0.135. The summed E-state index contributed by atoms with van der Waals surface area (Å²) in [5.41, 5.74) is 0.178. The first-order valence-electron chi connectivity index (χ1n) is 5.59. The number of hydrogen-bond donors (Lipinski definition) is 1. The van der Waals surface area contributed by atoms with E-state index in [0.717, 1.165) is 0 Å². The number of rotatable bonds is 5. The molecule has 0 amide bonds. The average Bonchev–Trinajstić information content (AvgIpc) is 2.93. The number of aromatic nitrogens is 1. The third-order valence-electron chi connectivity index (χ3n) is 2.39. The minimum Gasteiger partial charge on any atom is -0.478 e. The zero-order valence-corrected chi connectivity index (χ0v) is 11.3. The van der Waals surface area contributed by atoms with Crippen LogP contribution in [0.4, 0.5) is 0 Å². The molecule has 2 rings (SSSR count). The standard InChI is InChI=1S/C13H11NO5S/c1-18-13(17)10-3-2-9(19-10)7-20-11-6-8(12(15)16)4-5-14-11/h2-6H,7H2,1H3,(H,15,16). The molecule has 104 valence electrons. The fourth-order valence-electron chi connectivity index (χ4n) is 1.43. The van der Waals surface area contributed by atoms with E-state index in [4.69, 9.17) is 9.52 Å². The van der Waals surface area contributed by atoms with Gasteiger partial charge in [0.05, 0.1) is 23.5 Å². The Morgan fingerprint density at radius 1 is 1.40 bits per heavy atom. The number of nitrogens with zero attached hydrogens (tertiary/aromatic N) is 1. The summed E-state index contributed by atoms with van der Waals surface area (Å²) in [5.74, 6) is -0.381. The number of carbonyl (C=O) groups is 2. The number of methoxy groups -OCH3 is 1. The van der Waals surface area contributed by atoms with Crippen molar-refractivity contribution in [2.45, 2.75) is 10.8 Å². The topological polar surface area (TPSA) is 89.6 Å². The van der Waals surface area contributed by atoms with Crippen molar-refractivity contribution < 1.29 is 23.8 Å². The first kappa shape index (κ1) is 14.1. The molecule has 6 nitrogen and oxygen atoms in total. The molecule has 2 heterocycles. The highest BCUT2D eigenvalue weighted by Gasteiger charge is 2.11. The van der Waals surface area contributed by atoms with Gasteiger partial charge in [0, 0.05) is 6.20 Å². The Hall–Kier alpha value is -2.28. The fraction of sp³-hybridized carbons (Fsp3) is 0.154. The lowest BCUT2D eigenvalue weighted by Crippen LogP contribution is -1.98. The van der Waals surface area contributed by atoms with Gasteiger partial charge in [-0.15, -0.1) is 0 Å². The van der Waals surface area contributed by atoms with Crippen LogP contribution in [0.25, 0.3) is 0 Å². The van der Waals surface area contributed by atoms with Gasteiger partial charge < -0.3 is 14.3 Å². The lowest BCUT2D eigenvalue weighted by atomic mass is 10.3. The van der Waals surface area contributed by atoms with Gasteiger partial charge in [-0.25, -0.2) is 14.6 Å². The van der Waals surface area contributed by atoms with E-state index in [2.05, 4.69) is 9.72 Å². The van der Waals surface area contributed by atoms with E-state index in [9.17, 15) is 9.59 Å². The number of thioether (sulfide) groups is 1. The van der Waals surface area contributed by atoms with E-state index in [-0.39, 0.29) is 11.3 Å². The van der Waals surface area contributed by atoms with Crippen molar-refractivity contribution in [3.8, 4) is 0 Å². The van der Waals surface area contributed by atoms with Crippen LogP contribution in [0, 0.1) is 0 Å². The van der Waals surface area contributed by atoms with Crippen LogP contribution >= 0.6 is 11.8 Å². The molecule has 0 saturated carbocycles. The summed E-state index contributed by atoms with van der Waals surface area (Å²) in [6.07, 6.45) is 1.44. The summed E-state index contributed by atoms with van der Waals surface area (Å²) >= 11 is 1.32. The molecule has 0 aromatic carbocycles. The Balaban J connectivity index is 2.01. The minimum atomic E-state index is -1.000. The van der Waals surface area contributed by atoms with Crippen molar-refractivity contribution in [3.63, 3.8) is 0 Å². The number of carboxylic acids is 1. The molecule has 0 saturated heterocycles. The first-order valence-corrected chi connectivity index (χ1v) is 6.58. The Bertz CT molecular complexity index is 637. The largest absolute Gasteiger partial charge is 0.478 e. The van der Waals surface area contributed by atoms with Crippen LogP contribution in [0.1, 0.15) is 26.7 Å². The molecule has 0 aliphatic carbocycles. The molecule has 0 atom stereocenters. The Labute approximate surface area is 118 Å². The summed E-state index contributed by atoms with van der Waals surface area (Å²) in [5, 5.41) is 9.45. The highest BCUT2D eigenvalue weighted by Crippen LogP contribution is 2.23. The second-order valence-electron chi connectivity index (χ2n) is 3.73. The number of carboxylic acid groups (broad SMARTS) is 1. The molecule has 0 fully saturated rings. The Morgan fingerprint density at radius 2 is 2.20 bits per heavy atom. The number of carbonyl (C=O) groups excluding carboxylic acids is 1. The van der Waals surface area contributed by atoms with Crippen LogP contribution in [0.3, 0.4) is 0 Å². The molecule has 7 heteroatoms. The van der Waals surface area contributed by atoms with Crippen LogP contribution in [0.2, 0.25) is 0 Å². The van der Waals surface area contributed by atoms with Gasteiger partial charge in [-0.05, 0) is 24.3 Å². The SMILES string of the molecule is COC(=O)c1ccc(CSc2cc(C(=O)O)ccn2)o1. The molecular formula is C13H11NO5S. The van der Waals surface area contributed by atoms with E-state index < -0.39 is 11.9 Å². The maximum absolute atomic E-state index is 11.2. The van der Waals surface area contributed by atoms with Gasteiger partial charge in [-0.3, -0.25) is 0 Å². The van der Waals surface area contributed by atoms with Gasteiger partial charge in [0.2, 0.25) is 5.76 Å². The zero-order valence-electron chi connectivity index (χ0n) is 10.5. The maximum Gasteiger partial charge on any atom is 0.373 e. The smallest absolute Gasteiger partial charge is 0.373 e. The second-order valence-corrected chi connectivity index (χ2v) is 4.73. The third kappa shape index (κ3) is 3.39. The summed E-state index contributed by atoms with van der Waals surface area (Å²) in [6.45, 7) is 0. The molecule has 0 spiro atoms. The molecule has 1 N–H and O–H groups in total. The van der Waals surface area contributed by atoms with Crippen molar-refractivity contribution in [3.05, 3.63) is 47.5 Å². The normalized spacial score (nSPS) is 10.2. The molecule has 0 unspecified atom stereocenters. The average molecular weight is 293 g/mol. The van der Waals surface area contributed by atoms with E-state index in [0.29, 0.717) is 16.5 Å². The predicted octanol–water partition coefficient (Wildman–Crippen LogP) is 2.45. The van der Waals surface area contributed by atoms with E-state index >= 15 is 0 Å². The van der Waals surface area contributed by atoms with E-state index in [1.54, 1.807) is 6.07 Å². The predicted molar refractivity (Wildman–Crippen MR) is 70.8 cm³/mol. The maximum atomic E-state index is 11.2. The number of aromatic carboxylic acids is 1. The molecule has 0 aliphatic rings. The van der Waals surface area contributed by atoms with E-state index in [1.165, 1.54) is 43.3 Å². The highest BCUT2D eigenvalue weighted by molar-refractivity contribution is 7.98. The van der Waals surface area contributed by atoms with Crippen LogP contribution in [0.15, 0.2) is 39.9 Å². The van der Waals surface area contributed by atoms with Crippen molar-refractivity contribution in [2.24, 2.45) is 0 Å². The van der Waals surface area contributed by atoms with Crippen LogP contribution in [0.5, 0.6) is 0 Å². The van der Waals surface area contributed by atoms with Crippen molar-refractivity contribution in [2.75, 3.05) is 7.11 Å². The summed E-state index contributed by atoms with van der Waals surface area (Å²) in [4.78, 5) is 26.1. The quantitative estimate of drug-likeness (QED) is 0.669. The molecule has 2 aromatic rings. The van der Waals surface area contributed by atoms with Crippen molar-refractivity contribution in [1.82, 2.24) is 4.98 Å². The summed E-state index contributed by atoms with van der Waals surface area (Å²) in [7, 11) is 1.28.